The summed E-state index contributed by atoms with van der Waals surface area (Å²) >= 11 is 1.24. The van der Waals surface area contributed by atoms with Crippen molar-refractivity contribution < 1.29 is 19.4 Å². The molecule has 2 rings (SSSR count). The third-order valence-corrected chi connectivity index (χ3v) is 3.35. The highest BCUT2D eigenvalue weighted by atomic mass is 32.1. The summed E-state index contributed by atoms with van der Waals surface area (Å²) in [6, 6.07) is 0. The Balaban J connectivity index is 2.11. The molecular weight excluding hydrogens is 246 g/mol. The summed E-state index contributed by atoms with van der Waals surface area (Å²) in [5, 5.41) is 17.7. The van der Waals surface area contributed by atoms with Crippen LogP contribution in [0.2, 0.25) is 0 Å². The molecule has 0 spiro atoms. The van der Waals surface area contributed by atoms with Gasteiger partial charge < -0.3 is 9.84 Å². The quantitative estimate of drug-likeness (QED) is 0.823. The van der Waals surface area contributed by atoms with E-state index in [9.17, 15) is 9.59 Å². The molecule has 1 saturated heterocycles. The Hall–Kier alpha value is -1.54. The van der Waals surface area contributed by atoms with Gasteiger partial charge in [-0.3, -0.25) is 14.5 Å². The fourth-order valence-electron chi connectivity index (χ4n) is 1.59. The van der Waals surface area contributed by atoms with Crippen molar-refractivity contribution in [1.82, 2.24) is 10.2 Å². The van der Waals surface area contributed by atoms with E-state index in [1.54, 1.807) is 7.11 Å². The number of aromatic nitrogens is 2. The highest BCUT2D eigenvalue weighted by Crippen LogP contribution is 2.28. The molecule has 1 atom stereocenters. The minimum atomic E-state index is -0.956. The van der Waals surface area contributed by atoms with E-state index < -0.39 is 11.9 Å². The van der Waals surface area contributed by atoms with Crippen molar-refractivity contribution in [2.45, 2.75) is 13.0 Å². The molecular formula is C9H11N3O4S. The number of nitrogens with zero attached hydrogens (tertiary/aromatic N) is 3. The van der Waals surface area contributed by atoms with Crippen molar-refractivity contribution in [2.24, 2.45) is 5.92 Å². The standard InChI is InChI=1S/C9H11N3O4S/c1-16-4-6-10-11-9(17-6)12-3-5(8(14)15)2-7(12)13/h5H,2-4H2,1H3,(H,14,15). The van der Waals surface area contributed by atoms with E-state index in [1.165, 1.54) is 16.2 Å². The van der Waals surface area contributed by atoms with Crippen LogP contribution in [0.1, 0.15) is 11.4 Å². The minimum absolute atomic E-state index is 0.0223. The number of rotatable bonds is 4. The fourth-order valence-corrected chi connectivity index (χ4v) is 2.43. The smallest absolute Gasteiger partial charge is 0.308 e. The summed E-state index contributed by atoms with van der Waals surface area (Å²) < 4.78 is 4.90. The van der Waals surface area contributed by atoms with Crippen molar-refractivity contribution in [3.63, 3.8) is 0 Å². The minimum Gasteiger partial charge on any atom is -0.481 e. The van der Waals surface area contributed by atoms with Gasteiger partial charge >= 0.3 is 5.97 Å². The molecule has 0 bridgehead atoms. The maximum absolute atomic E-state index is 11.6. The van der Waals surface area contributed by atoms with E-state index in [0.29, 0.717) is 16.7 Å². The van der Waals surface area contributed by atoms with Crippen LogP contribution in [0.25, 0.3) is 0 Å². The van der Waals surface area contributed by atoms with Crippen molar-refractivity contribution >= 4 is 28.3 Å². The third kappa shape index (κ3) is 2.42. The molecule has 1 N–H and O–H groups in total. The summed E-state index contributed by atoms with van der Waals surface area (Å²) in [5.74, 6) is -1.84. The molecule has 8 heteroatoms. The monoisotopic (exact) mass is 257 g/mol. The average molecular weight is 257 g/mol. The zero-order valence-electron chi connectivity index (χ0n) is 9.12. The van der Waals surface area contributed by atoms with Gasteiger partial charge in [-0.25, -0.2) is 0 Å². The van der Waals surface area contributed by atoms with Crippen LogP contribution >= 0.6 is 11.3 Å². The molecule has 1 fully saturated rings. The van der Waals surface area contributed by atoms with E-state index in [2.05, 4.69) is 10.2 Å². The lowest BCUT2D eigenvalue weighted by molar-refractivity contribution is -0.141. The molecule has 0 radical (unpaired) electrons. The number of hydrogen-bond acceptors (Lipinski definition) is 6. The number of ether oxygens (including phenoxy) is 1. The fraction of sp³-hybridized carbons (Fsp3) is 0.556. The van der Waals surface area contributed by atoms with Crippen LogP contribution in [0.4, 0.5) is 5.13 Å². The van der Waals surface area contributed by atoms with Crippen LogP contribution in [0.15, 0.2) is 0 Å². The highest BCUT2D eigenvalue weighted by molar-refractivity contribution is 7.15. The number of anilines is 1. The summed E-state index contributed by atoms with van der Waals surface area (Å²) in [7, 11) is 1.54. The van der Waals surface area contributed by atoms with E-state index in [0.717, 1.165) is 0 Å². The van der Waals surface area contributed by atoms with E-state index in [1.807, 2.05) is 0 Å². The molecule has 0 saturated carbocycles. The maximum Gasteiger partial charge on any atom is 0.308 e. The first kappa shape index (κ1) is 11.9. The Bertz CT molecular complexity index is 447. The van der Waals surface area contributed by atoms with E-state index >= 15 is 0 Å². The van der Waals surface area contributed by atoms with Crippen LogP contribution in [0.3, 0.4) is 0 Å². The Morgan fingerprint density at radius 1 is 1.65 bits per heavy atom. The molecule has 0 aromatic carbocycles. The Morgan fingerprint density at radius 2 is 2.41 bits per heavy atom. The first-order valence-corrected chi connectivity index (χ1v) is 5.78. The van der Waals surface area contributed by atoms with Gasteiger partial charge in [-0.2, -0.15) is 0 Å². The Labute approximate surface area is 101 Å². The molecule has 1 aromatic rings. The topological polar surface area (TPSA) is 92.6 Å². The lowest BCUT2D eigenvalue weighted by atomic mass is 10.1. The maximum atomic E-state index is 11.6. The van der Waals surface area contributed by atoms with Crippen molar-refractivity contribution in [1.29, 1.82) is 0 Å². The van der Waals surface area contributed by atoms with Crippen LogP contribution in [-0.2, 0) is 20.9 Å². The van der Waals surface area contributed by atoms with Crippen LogP contribution in [-0.4, -0.2) is 40.8 Å². The number of methoxy groups -OCH3 is 1. The Kier molecular flexibility index (Phi) is 3.34. The Morgan fingerprint density at radius 3 is 3.00 bits per heavy atom. The van der Waals surface area contributed by atoms with Crippen LogP contribution in [0, 0.1) is 5.92 Å². The largest absolute Gasteiger partial charge is 0.481 e. The van der Waals surface area contributed by atoms with Gasteiger partial charge in [0.2, 0.25) is 11.0 Å². The van der Waals surface area contributed by atoms with Crippen LogP contribution < -0.4 is 4.90 Å². The third-order valence-electron chi connectivity index (χ3n) is 2.43. The predicted octanol–water partition coefficient (Wildman–Crippen LogP) is 0.122. The van der Waals surface area contributed by atoms with Crippen LogP contribution in [0.5, 0.6) is 0 Å². The summed E-state index contributed by atoms with van der Waals surface area (Å²) in [5.41, 5.74) is 0. The first-order chi connectivity index (χ1) is 8.11. The van der Waals surface area contributed by atoms with E-state index in [-0.39, 0.29) is 18.9 Å². The summed E-state index contributed by atoms with van der Waals surface area (Å²) in [6.07, 6.45) is 0.0223. The van der Waals surface area contributed by atoms with Gasteiger partial charge in [-0.15, -0.1) is 10.2 Å². The van der Waals surface area contributed by atoms with Gasteiger partial charge in [0.05, 0.1) is 5.92 Å². The van der Waals surface area contributed by atoms with E-state index in [4.69, 9.17) is 9.84 Å². The number of carbonyl (C=O) groups is 2. The van der Waals surface area contributed by atoms with Gasteiger partial charge in [0.1, 0.15) is 11.6 Å². The highest BCUT2D eigenvalue weighted by Gasteiger charge is 2.36. The van der Waals surface area contributed by atoms with Gasteiger partial charge in [0.15, 0.2) is 0 Å². The van der Waals surface area contributed by atoms with Crippen molar-refractivity contribution in [3.05, 3.63) is 5.01 Å². The molecule has 7 nitrogen and oxygen atoms in total. The predicted molar refractivity (Wildman–Crippen MR) is 58.7 cm³/mol. The molecule has 0 aliphatic carbocycles. The van der Waals surface area contributed by atoms with Crippen molar-refractivity contribution in [3.8, 4) is 0 Å². The number of amides is 1. The zero-order chi connectivity index (χ0) is 12.4. The molecule has 92 valence electrons. The van der Waals surface area contributed by atoms with Gasteiger partial charge in [0.25, 0.3) is 0 Å². The lowest BCUT2D eigenvalue weighted by Gasteiger charge is -2.10. The summed E-state index contributed by atoms with van der Waals surface area (Å²) in [6.45, 7) is 0.498. The van der Waals surface area contributed by atoms with Gasteiger partial charge in [-0.05, 0) is 0 Å². The second-order valence-corrected chi connectivity index (χ2v) is 4.70. The molecule has 1 aliphatic rings. The number of aliphatic carboxylic acids is 1. The summed E-state index contributed by atoms with van der Waals surface area (Å²) in [4.78, 5) is 23.8. The molecule has 1 amide bonds. The molecule has 2 heterocycles. The van der Waals surface area contributed by atoms with Gasteiger partial charge in [-0.1, -0.05) is 11.3 Å². The molecule has 1 unspecified atom stereocenters. The lowest BCUT2D eigenvalue weighted by Crippen LogP contribution is -2.25. The average Bonchev–Trinajstić information content (AvgIpc) is 2.85. The number of carbonyl (C=O) groups excluding carboxylic acids is 1. The molecule has 17 heavy (non-hydrogen) atoms. The first-order valence-electron chi connectivity index (χ1n) is 4.96. The SMILES string of the molecule is COCc1nnc(N2CC(C(=O)O)CC2=O)s1. The van der Waals surface area contributed by atoms with Crippen molar-refractivity contribution in [2.75, 3.05) is 18.6 Å². The number of carboxylic acids is 1. The number of carboxylic acid groups (broad SMARTS) is 1. The molecule has 1 aliphatic heterocycles. The zero-order valence-corrected chi connectivity index (χ0v) is 9.94. The molecule has 1 aromatic heterocycles. The second kappa shape index (κ2) is 4.76. The van der Waals surface area contributed by atoms with Gasteiger partial charge in [0, 0.05) is 20.1 Å². The normalized spacial score (nSPS) is 19.9. The second-order valence-electron chi connectivity index (χ2n) is 3.66. The number of hydrogen-bond donors (Lipinski definition) is 1.